The lowest BCUT2D eigenvalue weighted by atomic mass is 9.78. The molecule has 0 bridgehead atoms. The van der Waals surface area contributed by atoms with Crippen LogP contribution < -0.4 is 4.74 Å². The van der Waals surface area contributed by atoms with Gasteiger partial charge < -0.3 is 4.74 Å². The molecule has 2 heteroatoms. The van der Waals surface area contributed by atoms with E-state index < -0.39 is 0 Å². The minimum Gasteiger partial charge on any atom is -0.492 e. The van der Waals surface area contributed by atoms with Gasteiger partial charge in [-0.3, -0.25) is 0 Å². The smallest absolute Gasteiger partial charge is 0.126 e. The molecule has 0 aliphatic heterocycles. The number of para-hydroxylation sites is 1. The number of alkyl halides is 1. The second-order valence-electron chi connectivity index (χ2n) is 5.11. The molecule has 0 radical (unpaired) electrons. The maximum absolute atomic E-state index is 6.09. The summed E-state index contributed by atoms with van der Waals surface area (Å²) < 4.78 is 6.09. The van der Waals surface area contributed by atoms with Crippen molar-refractivity contribution in [3.8, 4) is 5.75 Å². The standard InChI is InChI=1S/C17H17BrO/c1-12-5-4-7-14(10-18)17(12)19-11-15-9-13-6-2-3-8-16(13)15/h2-8,15H,9-11H2,1H3. The van der Waals surface area contributed by atoms with Crippen LogP contribution in [0.4, 0.5) is 0 Å². The Morgan fingerprint density at radius 2 is 2.00 bits per heavy atom. The first-order valence-corrected chi connectivity index (χ1v) is 7.77. The first-order valence-electron chi connectivity index (χ1n) is 6.64. The van der Waals surface area contributed by atoms with Crippen molar-refractivity contribution in [2.24, 2.45) is 0 Å². The Balaban J connectivity index is 1.72. The van der Waals surface area contributed by atoms with Gasteiger partial charge >= 0.3 is 0 Å². The van der Waals surface area contributed by atoms with Gasteiger partial charge in [0.2, 0.25) is 0 Å². The fourth-order valence-electron chi connectivity index (χ4n) is 2.72. The number of hydrogen-bond acceptors (Lipinski definition) is 1. The summed E-state index contributed by atoms with van der Waals surface area (Å²) in [6.07, 6.45) is 1.14. The maximum atomic E-state index is 6.09. The van der Waals surface area contributed by atoms with Gasteiger partial charge in [-0.2, -0.15) is 0 Å². The van der Waals surface area contributed by atoms with Crippen molar-refractivity contribution in [3.63, 3.8) is 0 Å². The van der Waals surface area contributed by atoms with Crippen molar-refractivity contribution in [3.05, 3.63) is 64.7 Å². The molecule has 98 valence electrons. The molecular weight excluding hydrogens is 300 g/mol. The lowest BCUT2D eigenvalue weighted by molar-refractivity contribution is 0.272. The monoisotopic (exact) mass is 316 g/mol. The summed E-state index contributed by atoms with van der Waals surface area (Å²) in [6, 6.07) is 15.0. The Hall–Kier alpha value is -1.28. The van der Waals surface area contributed by atoms with Crippen LogP contribution >= 0.6 is 15.9 Å². The Kier molecular flexibility index (Phi) is 3.61. The zero-order valence-corrected chi connectivity index (χ0v) is 12.6. The topological polar surface area (TPSA) is 9.23 Å². The van der Waals surface area contributed by atoms with Crippen LogP contribution in [0.5, 0.6) is 5.75 Å². The van der Waals surface area contributed by atoms with Crippen LogP contribution in [0.15, 0.2) is 42.5 Å². The molecule has 0 amide bonds. The molecule has 1 unspecified atom stereocenters. The number of aryl methyl sites for hydroxylation is 1. The highest BCUT2D eigenvalue weighted by atomic mass is 79.9. The highest BCUT2D eigenvalue weighted by molar-refractivity contribution is 9.08. The summed E-state index contributed by atoms with van der Waals surface area (Å²) in [5.74, 6) is 1.60. The van der Waals surface area contributed by atoms with Gasteiger partial charge in [-0.05, 0) is 30.0 Å². The molecule has 0 N–H and O–H groups in total. The van der Waals surface area contributed by atoms with Crippen molar-refractivity contribution in [2.75, 3.05) is 6.61 Å². The zero-order valence-electron chi connectivity index (χ0n) is 11.0. The molecule has 0 aromatic heterocycles. The van der Waals surface area contributed by atoms with Crippen LogP contribution in [0.3, 0.4) is 0 Å². The van der Waals surface area contributed by atoms with E-state index in [1.54, 1.807) is 0 Å². The first kappa shape index (κ1) is 12.7. The van der Waals surface area contributed by atoms with E-state index in [2.05, 4.69) is 65.3 Å². The summed E-state index contributed by atoms with van der Waals surface area (Å²) >= 11 is 3.53. The predicted molar refractivity (Wildman–Crippen MR) is 82.2 cm³/mol. The second-order valence-corrected chi connectivity index (χ2v) is 5.67. The highest BCUT2D eigenvalue weighted by Gasteiger charge is 2.26. The molecule has 2 aromatic rings. The van der Waals surface area contributed by atoms with Gasteiger partial charge in [-0.1, -0.05) is 58.4 Å². The van der Waals surface area contributed by atoms with Crippen LogP contribution in [0.2, 0.25) is 0 Å². The predicted octanol–water partition coefficient (Wildman–Crippen LogP) is 4.61. The van der Waals surface area contributed by atoms with Crippen LogP contribution in [0.25, 0.3) is 0 Å². The molecule has 0 fully saturated rings. The second kappa shape index (κ2) is 5.38. The molecule has 1 atom stereocenters. The fourth-order valence-corrected chi connectivity index (χ4v) is 3.16. The average Bonchev–Trinajstić information content (AvgIpc) is 2.41. The molecule has 0 saturated carbocycles. The molecule has 1 aliphatic carbocycles. The van der Waals surface area contributed by atoms with Gasteiger partial charge in [-0.15, -0.1) is 0 Å². The number of fused-ring (bicyclic) bond motifs is 1. The van der Waals surface area contributed by atoms with Crippen molar-refractivity contribution in [1.29, 1.82) is 0 Å². The van der Waals surface area contributed by atoms with Crippen molar-refractivity contribution >= 4 is 15.9 Å². The quantitative estimate of drug-likeness (QED) is 0.748. The molecular formula is C17H17BrO. The van der Waals surface area contributed by atoms with Gasteiger partial charge in [0.05, 0.1) is 6.61 Å². The van der Waals surface area contributed by atoms with E-state index in [4.69, 9.17) is 4.74 Å². The van der Waals surface area contributed by atoms with Gasteiger partial charge in [0, 0.05) is 16.8 Å². The van der Waals surface area contributed by atoms with E-state index >= 15 is 0 Å². The van der Waals surface area contributed by atoms with E-state index in [1.807, 2.05) is 0 Å². The normalized spacial score (nSPS) is 16.6. The summed E-state index contributed by atoms with van der Waals surface area (Å²) in [5.41, 5.74) is 5.37. The van der Waals surface area contributed by atoms with Crippen molar-refractivity contribution in [2.45, 2.75) is 24.6 Å². The summed E-state index contributed by atoms with van der Waals surface area (Å²) in [5, 5.41) is 0.839. The Morgan fingerprint density at radius 1 is 1.16 bits per heavy atom. The number of hydrogen-bond donors (Lipinski definition) is 0. The average molecular weight is 317 g/mol. The summed E-state index contributed by atoms with van der Waals surface area (Å²) in [6.45, 7) is 2.89. The number of halogens is 1. The SMILES string of the molecule is Cc1cccc(CBr)c1OCC1Cc2ccccc21. The lowest BCUT2D eigenvalue weighted by Crippen LogP contribution is -2.23. The Morgan fingerprint density at radius 3 is 2.79 bits per heavy atom. The minimum atomic E-state index is 0.555. The molecule has 0 heterocycles. The molecule has 2 aromatic carbocycles. The number of benzene rings is 2. The lowest BCUT2D eigenvalue weighted by Gasteiger charge is -2.30. The van der Waals surface area contributed by atoms with Gasteiger partial charge in [-0.25, -0.2) is 0 Å². The zero-order chi connectivity index (χ0) is 13.2. The summed E-state index contributed by atoms with van der Waals surface area (Å²) in [7, 11) is 0. The Bertz CT molecular complexity index is 592. The Labute approximate surface area is 122 Å². The third-order valence-electron chi connectivity index (χ3n) is 3.83. The van der Waals surface area contributed by atoms with E-state index in [1.165, 1.54) is 22.3 Å². The van der Waals surface area contributed by atoms with Gasteiger partial charge in [0.1, 0.15) is 5.75 Å². The van der Waals surface area contributed by atoms with Crippen LogP contribution in [-0.2, 0) is 11.8 Å². The number of ether oxygens (including phenoxy) is 1. The number of rotatable bonds is 4. The summed E-state index contributed by atoms with van der Waals surface area (Å²) in [4.78, 5) is 0. The third kappa shape index (κ3) is 2.42. The van der Waals surface area contributed by atoms with E-state index in [9.17, 15) is 0 Å². The third-order valence-corrected chi connectivity index (χ3v) is 4.43. The van der Waals surface area contributed by atoms with Crippen LogP contribution in [-0.4, -0.2) is 6.61 Å². The van der Waals surface area contributed by atoms with Crippen molar-refractivity contribution < 1.29 is 4.74 Å². The van der Waals surface area contributed by atoms with Crippen LogP contribution in [0.1, 0.15) is 28.2 Å². The van der Waals surface area contributed by atoms with Crippen molar-refractivity contribution in [1.82, 2.24) is 0 Å². The fraction of sp³-hybridized carbons (Fsp3) is 0.294. The molecule has 0 saturated heterocycles. The molecule has 0 spiro atoms. The highest BCUT2D eigenvalue weighted by Crippen LogP contribution is 2.36. The van der Waals surface area contributed by atoms with Gasteiger partial charge in [0.25, 0.3) is 0 Å². The largest absolute Gasteiger partial charge is 0.492 e. The van der Waals surface area contributed by atoms with E-state index in [-0.39, 0.29) is 0 Å². The van der Waals surface area contributed by atoms with Gasteiger partial charge in [0.15, 0.2) is 0 Å². The molecule has 1 aliphatic rings. The van der Waals surface area contributed by atoms with E-state index in [0.29, 0.717) is 5.92 Å². The molecule has 3 rings (SSSR count). The van der Waals surface area contributed by atoms with E-state index in [0.717, 1.165) is 24.1 Å². The first-order chi connectivity index (χ1) is 9.29. The maximum Gasteiger partial charge on any atom is 0.126 e. The molecule has 1 nitrogen and oxygen atoms in total. The molecule has 19 heavy (non-hydrogen) atoms. The minimum absolute atomic E-state index is 0.555. The van der Waals surface area contributed by atoms with Crippen LogP contribution in [0, 0.1) is 6.92 Å².